The molecule has 0 aliphatic carbocycles. The maximum Gasteiger partial charge on any atom is 0.344 e. The van der Waals surface area contributed by atoms with Crippen molar-refractivity contribution in [2.24, 2.45) is 0 Å². The Morgan fingerprint density at radius 1 is 1.00 bits per heavy atom. The van der Waals surface area contributed by atoms with Gasteiger partial charge in [-0.1, -0.05) is 28.1 Å². The molecule has 21 heavy (non-hydrogen) atoms. The Kier molecular flexibility index (Phi) is 2.68. The van der Waals surface area contributed by atoms with Gasteiger partial charge in [0.1, 0.15) is 5.58 Å². The molecule has 0 fully saturated rings. The molecular weight excluding hydrogens is 332 g/mol. The van der Waals surface area contributed by atoms with E-state index in [1.807, 2.05) is 30.3 Å². The van der Waals surface area contributed by atoms with Crippen LogP contribution in [0.2, 0.25) is 0 Å². The maximum atomic E-state index is 12.2. The van der Waals surface area contributed by atoms with Crippen molar-refractivity contribution in [1.82, 2.24) is 10.2 Å². The standard InChI is InChI=1S/C16H9BrN2O2/c17-11-2-4-13-12-3-1-9(10-7-18-19-8-10)5-14(12)16(20)21-15(13)6-11/h1-8H,(H,18,19). The van der Waals surface area contributed by atoms with Crippen molar-refractivity contribution in [3.05, 3.63) is 63.7 Å². The molecule has 0 saturated carbocycles. The van der Waals surface area contributed by atoms with Gasteiger partial charge < -0.3 is 4.42 Å². The van der Waals surface area contributed by atoms with Crippen molar-refractivity contribution in [2.45, 2.75) is 0 Å². The summed E-state index contributed by atoms with van der Waals surface area (Å²) < 4.78 is 6.30. The fourth-order valence-corrected chi connectivity index (χ4v) is 2.83. The number of rotatable bonds is 1. The van der Waals surface area contributed by atoms with Crippen molar-refractivity contribution >= 4 is 37.7 Å². The molecule has 0 radical (unpaired) electrons. The summed E-state index contributed by atoms with van der Waals surface area (Å²) in [5.74, 6) is 0. The van der Waals surface area contributed by atoms with Gasteiger partial charge >= 0.3 is 5.63 Å². The van der Waals surface area contributed by atoms with E-state index in [9.17, 15) is 4.79 Å². The predicted molar refractivity (Wildman–Crippen MR) is 85.3 cm³/mol. The summed E-state index contributed by atoms with van der Waals surface area (Å²) in [5.41, 5.74) is 2.12. The van der Waals surface area contributed by atoms with Gasteiger partial charge in [0, 0.05) is 21.6 Å². The van der Waals surface area contributed by atoms with E-state index >= 15 is 0 Å². The molecule has 5 heteroatoms. The SMILES string of the molecule is O=c1oc2cc(Br)ccc2c2ccc(-c3cn[nH]c3)cc12. The second kappa shape index (κ2) is 4.56. The third kappa shape index (κ3) is 1.97. The van der Waals surface area contributed by atoms with E-state index in [1.165, 1.54) is 0 Å². The van der Waals surface area contributed by atoms with E-state index in [4.69, 9.17) is 4.42 Å². The zero-order valence-electron chi connectivity index (χ0n) is 10.8. The van der Waals surface area contributed by atoms with Gasteiger partial charge in [-0.2, -0.15) is 5.10 Å². The third-order valence-electron chi connectivity index (χ3n) is 3.51. The van der Waals surface area contributed by atoms with Crippen LogP contribution in [0.4, 0.5) is 0 Å². The summed E-state index contributed by atoms with van der Waals surface area (Å²) in [7, 11) is 0. The predicted octanol–water partition coefficient (Wildman–Crippen LogP) is 4.10. The summed E-state index contributed by atoms with van der Waals surface area (Å²) in [6.07, 6.45) is 3.52. The first-order valence-electron chi connectivity index (χ1n) is 6.38. The number of hydrogen-bond donors (Lipinski definition) is 1. The van der Waals surface area contributed by atoms with Crippen LogP contribution in [0, 0.1) is 0 Å². The third-order valence-corrected chi connectivity index (χ3v) is 4.00. The second-order valence-corrected chi connectivity index (χ2v) is 5.69. The van der Waals surface area contributed by atoms with Gasteiger partial charge in [-0.25, -0.2) is 4.79 Å². The van der Waals surface area contributed by atoms with Crippen LogP contribution in [-0.2, 0) is 0 Å². The lowest BCUT2D eigenvalue weighted by Crippen LogP contribution is -2.00. The van der Waals surface area contributed by atoms with Crippen molar-refractivity contribution in [1.29, 1.82) is 0 Å². The van der Waals surface area contributed by atoms with E-state index in [0.717, 1.165) is 26.4 Å². The van der Waals surface area contributed by atoms with Gasteiger partial charge in [0.2, 0.25) is 0 Å². The van der Waals surface area contributed by atoms with Gasteiger partial charge in [-0.15, -0.1) is 0 Å². The topological polar surface area (TPSA) is 58.9 Å². The number of halogens is 1. The molecule has 4 aromatic rings. The molecule has 0 bridgehead atoms. The lowest BCUT2D eigenvalue weighted by atomic mass is 10.0. The van der Waals surface area contributed by atoms with Crippen LogP contribution in [0.25, 0.3) is 32.9 Å². The second-order valence-electron chi connectivity index (χ2n) is 4.78. The Bertz CT molecular complexity index is 1020. The van der Waals surface area contributed by atoms with E-state index in [-0.39, 0.29) is 5.63 Å². The quantitative estimate of drug-likeness (QED) is 0.419. The van der Waals surface area contributed by atoms with E-state index in [1.54, 1.807) is 18.5 Å². The molecule has 0 aliphatic heterocycles. The molecule has 0 saturated heterocycles. The Labute approximate surface area is 127 Å². The highest BCUT2D eigenvalue weighted by Gasteiger charge is 2.09. The van der Waals surface area contributed by atoms with Gasteiger partial charge in [0.05, 0.1) is 11.6 Å². The van der Waals surface area contributed by atoms with Crippen LogP contribution < -0.4 is 5.63 Å². The lowest BCUT2D eigenvalue weighted by Gasteiger charge is -2.04. The van der Waals surface area contributed by atoms with Crippen LogP contribution in [0.1, 0.15) is 0 Å². The molecule has 2 heterocycles. The first-order chi connectivity index (χ1) is 10.2. The molecule has 2 aromatic carbocycles. The van der Waals surface area contributed by atoms with Crippen LogP contribution in [0.15, 0.2) is 62.5 Å². The summed E-state index contributed by atoms with van der Waals surface area (Å²) >= 11 is 3.39. The molecule has 1 N–H and O–H groups in total. The molecule has 102 valence electrons. The van der Waals surface area contributed by atoms with Crippen molar-refractivity contribution < 1.29 is 4.42 Å². The average Bonchev–Trinajstić information content (AvgIpc) is 3.01. The number of benzene rings is 2. The van der Waals surface area contributed by atoms with Gasteiger partial charge in [-0.05, 0) is 35.2 Å². The number of nitrogens with one attached hydrogen (secondary N) is 1. The Hall–Kier alpha value is -2.40. The number of aromatic nitrogens is 2. The van der Waals surface area contributed by atoms with Crippen LogP contribution >= 0.6 is 15.9 Å². The highest BCUT2D eigenvalue weighted by Crippen LogP contribution is 2.28. The van der Waals surface area contributed by atoms with Gasteiger partial charge in [-0.3, -0.25) is 5.10 Å². The molecule has 2 aromatic heterocycles. The van der Waals surface area contributed by atoms with Crippen molar-refractivity contribution in [2.75, 3.05) is 0 Å². The number of nitrogens with zero attached hydrogens (tertiary/aromatic N) is 1. The Balaban J connectivity index is 2.09. The first kappa shape index (κ1) is 12.3. The van der Waals surface area contributed by atoms with Crippen LogP contribution in [0.3, 0.4) is 0 Å². The average molecular weight is 341 g/mol. The largest absolute Gasteiger partial charge is 0.422 e. The molecule has 0 spiro atoms. The lowest BCUT2D eigenvalue weighted by molar-refractivity contribution is 0.569. The van der Waals surface area contributed by atoms with Crippen molar-refractivity contribution in [3.8, 4) is 11.1 Å². The zero-order chi connectivity index (χ0) is 14.4. The number of hydrogen-bond acceptors (Lipinski definition) is 3. The zero-order valence-corrected chi connectivity index (χ0v) is 12.3. The van der Waals surface area contributed by atoms with E-state index in [0.29, 0.717) is 11.0 Å². The van der Waals surface area contributed by atoms with Crippen LogP contribution in [-0.4, -0.2) is 10.2 Å². The maximum absolute atomic E-state index is 12.2. The summed E-state index contributed by atoms with van der Waals surface area (Å²) in [5, 5.41) is 9.08. The monoisotopic (exact) mass is 340 g/mol. The normalized spacial score (nSPS) is 11.3. The number of fused-ring (bicyclic) bond motifs is 3. The van der Waals surface area contributed by atoms with E-state index < -0.39 is 0 Å². The minimum atomic E-state index is -0.332. The molecule has 0 amide bonds. The molecule has 0 unspecified atom stereocenters. The molecule has 4 nitrogen and oxygen atoms in total. The minimum absolute atomic E-state index is 0.332. The van der Waals surface area contributed by atoms with Gasteiger partial charge in [0.25, 0.3) is 0 Å². The first-order valence-corrected chi connectivity index (χ1v) is 7.17. The highest BCUT2D eigenvalue weighted by atomic mass is 79.9. The van der Waals surface area contributed by atoms with Gasteiger partial charge in [0.15, 0.2) is 0 Å². The number of aromatic amines is 1. The fourth-order valence-electron chi connectivity index (χ4n) is 2.49. The summed E-state index contributed by atoms with van der Waals surface area (Å²) in [6.45, 7) is 0. The summed E-state index contributed by atoms with van der Waals surface area (Å²) in [4.78, 5) is 12.2. The Morgan fingerprint density at radius 2 is 1.86 bits per heavy atom. The van der Waals surface area contributed by atoms with Crippen LogP contribution in [0.5, 0.6) is 0 Å². The summed E-state index contributed by atoms with van der Waals surface area (Å²) in [6, 6.07) is 11.5. The highest BCUT2D eigenvalue weighted by molar-refractivity contribution is 9.10. The molecular formula is C16H9BrN2O2. The smallest absolute Gasteiger partial charge is 0.344 e. The fraction of sp³-hybridized carbons (Fsp3) is 0. The van der Waals surface area contributed by atoms with E-state index in [2.05, 4.69) is 26.1 Å². The van der Waals surface area contributed by atoms with Crippen molar-refractivity contribution in [3.63, 3.8) is 0 Å². The number of H-pyrrole nitrogens is 1. The Morgan fingerprint density at radius 3 is 2.67 bits per heavy atom. The molecule has 0 atom stereocenters. The molecule has 0 aliphatic rings. The minimum Gasteiger partial charge on any atom is -0.422 e. The molecule has 4 rings (SSSR count).